The lowest BCUT2D eigenvalue weighted by molar-refractivity contribution is -0.123. The van der Waals surface area contributed by atoms with Gasteiger partial charge in [0.15, 0.2) is 5.76 Å². The molecule has 2 atom stereocenters. The Labute approximate surface area is 209 Å². The van der Waals surface area contributed by atoms with Gasteiger partial charge in [0.05, 0.1) is 12.1 Å². The summed E-state index contributed by atoms with van der Waals surface area (Å²) >= 11 is 0. The standard InChI is InChI=1S/C27H32N4O5/c1-27(2,30-25(34)23-16-18-8-3-4-11-22(18)36-23)13-12-24(33)29-19-10-7-15-31(17-21(19)32)26(35)20-9-5-6-14-28-20/h3-6,8-9,11,14,16,19,21,32H,7,10,12-13,15,17H2,1-2H3,(H,29,33)(H,30,34)/t19?,21-/m0/s1. The van der Waals surface area contributed by atoms with Gasteiger partial charge < -0.3 is 25.1 Å². The average molecular weight is 493 g/mol. The second-order valence-corrected chi connectivity index (χ2v) is 9.84. The van der Waals surface area contributed by atoms with Crippen molar-refractivity contribution in [3.8, 4) is 0 Å². The molecule has 3 aromatic rings. The number of hydrogen-bond donors (Lipinski definition) is 3. The van der Waals surface area contributed by atoms with Crippen LogP contribution in [0.2, 0.25) is 0 Å². The largest absolute Gasteiger partial charge is 0.451 e. The fourth-order valence-electron chi connectivity index (χ4n) is 4.37. The van der Waals surface area contributed by atoms with Crippen molar-refractivity contribution >= 4 is 28.7 Å². The van der Waals surface area contributed by atoms with Crippen molar-refractivity contribution in [3.63, 3.8) is 0 Å². The fraction of sp³-hybridized carbons (Fsp3) is 0.407. The number of furan rings is 1. The van der Waals surface area contributed by atoms with Gasteiger partial charge in [0, 0.05) is 36.6 Å². The molecular weight excluding hydrogens is 460 g/mol. The number of carbonyl (C=O) groups is 3. The summed E-state index contributed by atoms with van der Waals surface area (Å²) in [4.78, 5) is 43.7. The number of nitrogens with zero attached hydrogens (tertiary/aromatic N) is 2. The second kappa shape index (κ2) is 10.9. The first kappa shape index (κ1) is 25.4. The first-order chi connectivity index (χ1) is 17.2. The number of hydrogen-bond acceptors (Lipinski definition) is 6. The molecule has 0 bridgehead atoms. The number of fused-ring (bicyclic) bond motifs is 1. The number of nitrogens with one attached hydrogen (secondary N) is 2. The number of aromatic nitrogens is 1. The van der Waals surface area contributed by atoms with Crippen molar-refractivity contribution < 1.29 is 23.9 Å². The van der Waals surface area contributed by atoms with Crippen molar-refractivity contribution in [2.45, 2.75) is 57.2 Å². The topological polar surface area (TPSA) is 125 Å². The lowest BCUT2D eigenvalue weighted by Gasteiger charge is -2.27. The zero-order chi connectivity index (χ0) is 25.7. The highest BCUT2D eigenvalue weighted by Crippen LogP contribution is 2.21. The number of benzene rings is 1. The maximum Gasteiger partial charge on any atom is 0.287 e. The predicted octanol–water partition coefficient (Wildman–Crippen LogP) is 2.90. The summed E-state index contributed by atoms with van der Waals surface area (Å²) in [6.45, 7) is 4.31. The van der Waals surface area contributed by atoms with Crippen LogP contribution in [-0.2, 0) is 4.79 Å². The number of carbonyl (C=O) groups excluding carboxylic acids is 3. The number of pyridine rings is 1. The van der Waals surface area contributed by atoms with Crippen LogP contribution in [0.1, 0.15) is 60.6 Å². The average Bonchev–Trinajstić information content (AvgIpc) is 3.22. The molecule has 1 fully saturated rings. The van der Waals surface area contributed by atoms with Gasteiger partial charge in [-0.2, -0.15) is 0 Å². The molecule has 3 amide bonds. The Morgan fingerprint density at radius 2 is 1.94 bits per heavy atom. The summed E-state index contributed by atoms with van der Waals surface area (Å²) < 4.78 is 5.63. The van der Waals surface area contributed by atoms with Gasteiger partial charge in [-0.3, -0.25) is 19.4 Å². The first-order valence-corrected chi connectivity index (χ1v) is 12.2. The number of aliphatic hydroxyl groups is 1. The number of β-amino-alcohol motifs (C(OH)–C–C–N with tert-alkyl or cyclic N) is 1. The predicted molar refractivity (Wildman–Crippen MR) is 134 cm³/mol. The van der Waals surface area contributed by atoms with Crippen molar-refractivity contribution in [1.82, 2.24) is 20.5 Å². The first-order valence-electron chi connectivity index (χ1n) is 12.2. The molecule has 1 aliphatic heterocycles. The zero-order valence-electron chi connectivity index (χ0n) is 20.6. The van der Waals surface area contributed by atoms with Gasteiger partial charge in [0.2, 0.25) is 5.91 Å². The second-order valence-electron chi connectivity index (χ2n) is 9.84. The summed E-state index contributed by atoms with van der Waals surface area (Å²) in [6, 6.07) is 13.8. The third-order valence-electron chi connectivity index (χ3n) is 6.41. The highest BCUT2D eigenvalue weighted by molar-refractivity contribution is 5.96. The van der Waals surface area contributed by atoms with Gasteiger partial charge >= 0.3 is 0 Å². The van der Waals surface area contributed by atoms with E-state index in [2.05, 4.69) is 15.6 Å². The van der Waals surface area contributed by atoms with Crippen LogP contribution < -0.4 is 10.6 Å². The molecule has 0 spiro atoms. The molecule has 36 heavy (non-hydrogen) atoms. The summed E-state index contributed by atoms with van der Waals surface area (Å²) in [5.74, 6) is -0.563. The Bertz CT molecular complexity index is 1190. The molecule has 190 valence electrons. The molecule has 0 radical (unpaired) electrons. The molecule has 3 heterocycles. The molecule has 1 unspecified atom stereocenters. The van der Waals surface area contributed by atoms with Crippen molar-refractivity contribution in [2.24, 2.45) is 0 Å². The molecule has 4 rings (SSSR count). The van der Waals surface area contributed by atoms with Gasteiger partial charge in [-0.25, -0.2) is 0 Å². The Kier molecular flexibility index (Phi) is 7.69. The van der Waals surface area contributed by atoms with E-state index in [1.54, 1.807) is 41.4 Å². The molecule has 0 saturated carbocycles. The smallest absolute Gasteiger partial charge is 0.287 e. The third-order valence-corrected chi connectivity index (χ3v) is 6.41. The van der Waals surface area contributed by atoms with Gasteiger partial charge in [-0.05, 0) is 57.4 Å². The maximum absolute atomic E-state index is 12.7. The van der Waals surface area contributed by atoms with Crippen LogP contribution in [0.5, 0.6) is 0 Å². The number of likely N-dealkylation sites (tertiary alicyclic amines) is 1. The normalized spacial score (nSPS) is 18.5. The molecule has 3 N–H and O–H groups in total. The van der Waals surface area contributed by atoms with Crippen LogP contribution >= 0.6 is 0 Å². The molecule has 1 aromatic carbocycles. The number of amides is 3. The minimum atomic E-state index is -0.884. The summed E-state index contributed by atoms with van der Waals surface area (Å²) in [5.41, 5.74) is 0.322. The van der Waals surface area contributed by atoms with E-state index in [0.717, 1.165) is 5.39 Å². The maximum atomic E-state index is 12.7. The van der Waals surface area contributed by atoms with Crippen LogP contribution in [-0.4, -0.2) is 63.5 Å². The zero-order valence-corrected chi connectivity index (χ0v) is 20.6. The quantitative estimate of drug-likeness (QED) is 0.466. The molecule has 9 heteroatoms. The third kappa shape index (κ3) is 6.28. The lowest BCUT2D eigenvalue weighted by Crippen LogP contribution is -2.48. The van der Waals surface area contributed by atoms with E-state index in [1.165, 1.54) is 0 Å². The molecule has 9 nitrogen and oxygen atoms in total. The van der Waals surface area contributed by atoms with Crippen LogP contribution in [0.15, 0.2) is 59.1 Å². The van der Waals surface area contributed by atoms with Crippen molar-refractivity contribution in [1.29, 1.82) is 0 Å². The van der Waals surface area contributed by atoms with E-state index >= 15 is 0 Å². The highest BCUT2D eigenvalue weighted by atomic mass is 16.3. The van der Waals surface area contributed by atoms with Gasteiger partial charge in [0.1, 0.15) is 11.3 Å². The molecule has 1 aliphatic rings. The molecule has 0 aliphatic carbocycles. The van der Waals surface area contributed by atoms with Gasteiger partial charge in [-0.1, -0.05) is 24.3 Å². The SMILES string of the molecule is CC(C)(CCC(=O)NC1CCCN(C(=O)c2ccccn2)C[C@@H]1O)NC(=O)c1cc2ccccc2o1. The van der Waals surface area contributed by atoms with E-state index in [0.29, 0.717) is 37.1 Å². The summed E-state index contributed by atoms with van der Waals surface area (Å²) in [6.07, 6.45) is 2.46. The fourth-order valence-corrected chi connectivity index (χ4v) is 4.37. The number of para-hydroxylation sites is 1. The minimum absolute atomic E-state index is 0.124. The van der Waals surface area contributed by atoms with E-state index in [4.69, 9.17) is 4.42 Å². The summed E-state index contributed by atoms with van der Waals surface area (Å²) in [7, 11) is 0. The van der Waals surface area contributed by atoms with E-state index in [-0.39, 0.29) is 36.4 Å². The highest BCUT2D eigenvalue weighted by Gasteiger charge is 2.30. The Balaban J connectivity index is 1.27. The summed E-state index contributed by atoms with van der Waals surface area (Å²) in [5, 5.41) is 17.4. The van der Waals surface area contributed by atoms with Crippen LogP contribution in [0.4, 0.5) is 0 Å². The van der Waals surface area contributed by atoms with Crippen molar-refractivity contribution in [2.75, 3.05) is 13.1 Å². The van der Waals surface area contributed by atoms with Gasteiger partial charge in [-0.15, -0.1) is 0 Å². The van der Waals surface area contributed by atoms with Crippen LogP contribution in [0, 0.1) is 0 Å². The molecule has 2 aromatic heterocycles. The van der Waals surface area contributed by atoms with Gasteiger partial charge in [0.25, 0.3) is 11.8 Å². The molecular formula is C27H32N4O5. The van der Waals surface area contributed by atoms with Crippen LogP contribution in [0.3, 0.4) is 0 Å². The van der Waals surface area contributed by atoms with Crippen LogP contribution in [0.25, 0.3) is 11.0 Å². The molecule has 1 saturated heterocycles. The number of rotatable bonds is 7. The number of aliphatic hydroxyl groups excluding tert-OH is 1. The lowest BCUT2D eigenvalue weighted by atomic mass is 9.97. The van der Waals surface area contributed by atoms with E-state index in [9.17, 15) is 19.5 Å². The Morgan fingerprint density at radius 1 is 1.17 bits per heavy atom. The van der Waals surface area contributed by atoms with Crippen molar-refractivity contribution in [3.05, 3.63) is 66.2 Å². The Morgan fingerprint density at radius 3 is 2.69 bits per heavy atom. The van der Waals surface area contributed by atoms with E-state index in [1.807, 2.05) is 32.0 Å². The Hall–Kier alpha value is -3.72. The monoisotopic (exact) mass is 492 g/mol. The van der Waals surface area contributed by atoms with E-state index < -0.39 is 17.7 Å². The minimum Gasteiger partial charge on any atom is -0.451 e.